The number of aromatic nitrogens is 4. The fourth-order valence-corrected chi connectivity index (χ4v) is 4.22. The molecule has 1 fully saturated rings. The third-order valence-corrected chi connectivity index (χ3v) is 5.96. The van der Waals surface area contributed by atoms with Crippen LogP contribution in [0, 0.1) is 12.3 Å². The van der Waals surface area contributed by atoms with Gasteiger partial charge in [-0.2, -0.15) is 0 Å². The topological polar surface area (TPSA) is 114 Å². The Labute approximate surface area is 189 Å². The number of carbonyl (C=O) groups excluding carboxylic acids is 1. The van der Waals surface area contributed by atoms with Crippen molar-refractivity contribution in [2.75, 3.05) is 6.61 Å². The highest BCUT2D eigenvalue weighted by Gasteiger charge is 2.22. The molecule has 33 heavy (non-hydrogen) atoms. The first-order valence-corrected chi connectivity index (χ1v) is 10.9. The molecular formula is C24H24N6O3. The summed E-state index contributed by atoms with van der Waals surface area (Å²) in [7, 11) is 0. The van der Waals surface area contributed by atoms with Gasteiger partial charge < -0.3 is 14.6 Å². The van der Waals surface area contributed by atoms with Gasteiger partial charge in [0.25, 0.3) is 11.5 Å². The molecular weight excluding hydrogens is 420 g/mol. The Kier molecular flexibility index (Phi) is 5.47. The number of carbonyl (C=O) groups is 1. The molecule has 1 saturated heterocycles. The van der Waals surface area contributed by atoms with Crippen molar-refractivity contribution in [3.63, 3.8) is 0 Å². The Morgan fingerprint density at radius 3 is 2.94 bits per heavy atom. The lowest BCUT2D eigenvalue weighted by Crippen LogP contribution is -2.36. The smallest absolute Gasteiger partial charge is 0.267 e. The van der Waals surface area contributed by atoms with Gasteiger partial charge in [-0.15, -0.1) is 0 Å². The van der Waals surface area contributed by atoms with Crippen molar-refractivity contribution in [2.45, 2.75) is 39.0 Å². The van der Waals surface area contributed by atoms with Crippen LogP contribution in [0.5, 0.6) is 0 Å². The van der Waals surface area contributed by atoms with Crippen LogP contribution in [0.15, 0.2) is 53.7 Å². The number of ether oxygens (including phenoxy) is 1. The zero-order valence-electron chi connectivity index (χ0n) is 18.2. The summed E-state index contributed by atoms with van der Waals surface area (Å²) < 4.78 is 8.90. The fourth-order valence-electron chi connectivity index (χ4n) is 4.22. The van der Waals surface area contributed by atoms with Gasteiger partial charge in [0.1, 0.15) is 16.8 Å². The molecule has 2 N–H and O–H groups in total. The van der Waals surface area contributed by atoms with Crippen LogP contribution in [-0.2, 0) is 17.8 Å². The van der Waals surface area contributed by atoms with Gasteiger partial charge in [0.15, 0.2) is 0 Å². The Hall–Kier alpha value is -3.85. The number of hydrogen-bond acceptors (Lipinski definition) is 6. The normalized spacial score (nSPS) is 15.8. The number of hydrogen-bond donors (Lipinski definition) is 2. The molecule has 0 aromatic carbocycles. The van der Waals surface area contributed by atoms with Crippen molar-refractivity contribution in [2.24, 2.45) is 0 Å². The Bertz CT molecular complexity index is 1470. The van der Waals surface area contributed by atoms with Crippen LogP contribution >= 0.6 is 0 Å². The van der Waals surface area contributed by atoms with Gasteiger partial charge in [-0.05, 0) is 49.1 Å². The maximum absolute atomic E-state index is 13.4. The third kappa shape index (κ3) is 3.91. The lowest BCUT2D eigenvalue weighted by Gasteiger charge is -2.18. The number of pyridine rings is 3. The molecule has 5 heterocycles. The maximum atomic E-state index is 13.4. The first kappa shape index (κ1) is 21.0. The number of amides is 1. The van der Waals surface area contributed by atoms with Crippen LogP contribution in [0.25, 0.3) is 16.7 Å². The molecule has 0 radical (unpaired) electrons. The molecule has 4 aromatic heterocycles. The van der Waals surface area contributed by atoms with Gasteiger partial charge >= 0.3 is 0 Å². The predicted octanol–water partition coefficient (Wildman–Crippen LogP) is 1.94. The molecule has 0 spiro atoms. The summed E-state index contributed by atoms with van der Waals surface area (Å²) in [6.45, 7) is 3.18. The van der Waals surface area contributed by atoms with E-state index in [2.05, 4.69) is 10.3 Å². The van der Waals surface area contributed by atoms with Crippen molar-refractivity contribution in [3.05, 3.63) is 81.5 Å². The zero-order chi connectivity index (χ0) is 22.9. The SMILES string of the molecule is Cc1cccn2c(=O)c3cc(C(=O)NCc4cccnc4)c(=N)n(C[C@H]4CCCO4)c3nc12. The second kappa shape index (κ2) is 8.59. The largest absolute Gasteiger partial charge is 0.376 e. The minimum Gasteiger partial charge on any atom is -0.376 e. The van der Waals surface area contributed by atoms with Crippen molar-refractivity contribution < 1.29 is 9.53 Å². The minimum absolute atomic E-state index is 0.00604. The van der Waals surface area contributed by atoms with E-state index in [9.17, 15) is 9.59 Å². The van der Waals surface area contributed by atoms with E-state index in [-0.39, 0.29) is 29.3 Å². The Morgan fingerprint density at radius 1 is 1.30 bits per heavy atom. The van der Waals surface area contributed by atoms with Crippen molar-refractivity contribution in [1.82, 2.24) is 24.3 Å². The van der Waals surface area contributed by atoms with Crippen LogP contribution in [0.4, 0.5) is 0 Å². The number of rotatable bonds is 5. The van der Waals surface area contributed by atoms with Crippen LogP contribution in [0.2, 0.25) is 0 Å². The molecule has 0 aliphatic carbocycles. The second-order valence-electron chi connectivity index (χ2n) is 8.24. The summed E-state index contributed by atoms with van der Waals surface area (Å²) in [5.74, 6) is -0.430. The van der Waals surface area contributed by atoms with E-state index < -0.39 is 5.91 Å². The molecule has 0 unspecified atom stereocenters. The summed E-state index contributed by atoms with van der Waals surface area (Å²) in [5, 5.41) is 11.9. The first-order valence-electron chi connectivity index (χ1n) is 10.9. The monoisotopic (exact) mass is 444 g/mol. The highest BCUT2D eigenvalue weighted by molar-refractivity contribution is 5.96. The van der Waals surface area contributed by atoms with E-state index >= 15 is 0 Å². The molecule has 1 aliphatic heterocycles. The van der Waals surface area contributed by atoms with Crippen molar-refractivity contribution >= 4 is 22.6 Å². The Balaban J connectivity index is 1.66. The summed E-state index contributed by atoms with van der Waals surface area (Å²) in [5.41, 5.74) is 2.46. The maximum Gasteiger partial charge on any atom is 0.267 e. The lowest BCUT2D eigenvalue weighted by atomic mass is 10.1. The summed E-state index contributed by atoms with van der Waals surface area (Å²) in [6.07, 6.45) is 6.71. The van der Waals surface area contributed by atoms with Crippen LogP contribution in [0.3, 0.4) is 0 Å². The molecule has 9 heteroatoms. The Morgan fingerprint density at radius 2 is 2.18 bits per heavy atom. The molecule has 1 amide bonds. The van der Waals surface area contributed by atoms with E-state index in [0.717, 1.165) is 24.0 Å². The van der Waals surface area contributed by atoms with E-state index in [4.69, 9.17) is 15.1 Å². The van der Waals surface area contributed by atoms with Crippen molar-refractivity contribution in [1.29, 1.82) is 5.41 Å². The summed E-state index contributed by atoms with van der Waals surface area (Å²) in [6, 6.07) is 8.81. The quantitative estimate of drug-likeness (QED) is 0.457. The standard InChI is InChI=1S/C24H24N6O3/c1-15-5-3-9-29-21(15)28-22-19(24(29)32)11-18(20(25)30(22)14-17-7-4-10-33-17)23(31)27-13-16-6-2-8-26-12-16/h2-3,5-6,8-9,11-12,17,25H,4,7,10,13-14H2,1H3,(H,27,31)/t17-/m1/s1. The number of nitrogens with zero attached hydrogens (tertiary/aromatic N) is 4. The van der Waals surface area contributed by atoms with E-state index in [1.165, 1.54) is 10.5 Å². The fraction of sp³-hybridized carbons (Fsp3) is 0.292. The predicted molar refractivity (Wildman–Crippen MR) is 122 cm³/mol. The molecule has 1 atom stereocenters. The van der Waals surface area contributed by atoms with E-state index in [1.54, 1.807) is 35.3 Å². The molecule has 168 valence electrons. The van der Waals surface area contributed by atoms with E-state index in [0.29, 0.717) is 29.8 Å². The molecule has 1 aliphatic rings. The molecule has 9 nitrogen and oxygen atoms in total. The van der Waals surface area contributed by atoms with Gasteiger partial charge in [0.05, 0.1) is 23.6 Å². The minimum atomic E-state index is -0.430. The second-order valence-corrected chi connectivity index (χ2v) is 8.24. The highest BCUT2D eigenvalue weighted by atomic mass is 16.5. The third-order valence-electron chi connectivity index (χ3n) is 5.96. The first-order chi connectivity index (χ1) is 16.0. The molecule has 0 bridgehead atoms. The molecule has 4 aromatic rings. The van der Waals surface area contributed by atoms with E-state index in [1.807, 2.05) is 19.1 Å². The van der Waals surface area contributed by atoms with Gasteiger partial charge in [0.2, 0.25) is 0 Å². The number of aryl methyl sites for hydroxylation is 1. The van der Waals surface area contributed by atoms with Gasteiger partial charge in [-0.25, -0.2) is 4.98 Å². The summed E-state index contributed by atoms with van der Waals surface area (Å²) >= 11 is 0. The number of nitrogens with one attached hydrogen (secondary N) is 2. The van der Waals surface area contributed by atoms with Crippen LogP contribution < -0.4 is 16.4 Å². The van der Waals surface area contributed by atoms with Gasteiger partial charge in [0, 0.05) is 31.7 Å². The average molecular weight is 444 g/mol. The van der Waals surface area contributed by atoms with Crippen molar-refractivity contribution in [3.8, 4) is 0 Å². The molecule has 5 rings (SSSR count). The lowest BCUT2D eigenvalue weighted by molar-refractivity contribution is 0.0931. The summed E-state index contributed by atoms with van der Waals surface area (Å²) in [4.78, 5) is 35.2. The molecule has 0 saturated carbocycles. The number of fused-ring (bicyclic) bond motifs is 2. The van der Waals surface area contributed by atoms with Gasteiger partial charge in [-0.1, -0.05) is 12.1 Å². The zero-order valence-corrected chi connectivity index (χ0v) is 18.2. The van der Waals surface area contributed by atoms with Crippen LogP contribution in [0.1, 0.15) is 34.3 Å². The van der Waals surface area contributed by atoms with Gasteiger partial charge in [-0.3, -0.25) is 24.4 Å². The van der Waals surface area contributed by atoms with Crippen LogP contribution in [-0.4, -0.2) is 37.6 Å². The highest BCUT2D eigenvalue weighted by Crippen LogP contribution is 2.17. The average Bonchev–Trinajstić information content (AvgIpc) is 3.34.